The van der Waals surface area contributed by atoms with Gasteiger partial charge in [0.15, 0.2) is 5.13 Å². The molecule has 0 spiro atoms. The first-order valence-corrected chi connectivity index (χ1v) is 9.12. The second-order valence-electron chi connectivity index (χ2n) is 5.95. The van der Waals surface area contributed by atoms with Crippen molar-refractivity contribution < 1.29 is 23.5 Å². The fourth-order valence-electron chi connectivity index (χ4n) is 2.88. The Labute approximate surface area is 164 Å². The van der Waals surface area contributed by atoms with Crippen LogP contribution in [0.4, 0.5) is 9.52 Å². The van der Waals surface area contributed by atoms with E-state index < -0.39 is 17.7 Å². The van der Waals surface area contributed by atoms with E-state index in [4.69, 9.17) is 9.47 Å². The van der Waals surface area contributed by atoms with E-state index in [1.807, 2.05) is 0 Å². The monoisotopic (exact) mass is 403 g/mol. The molecule has 0 aliphatic heterocycles. The number of esters is 1. The molecular weight excluding hydrogens is 385 g/mol. The van der Waals surface area contributed by atoms with Crippen LogP contribution in [0.2, 0.25) is 0 Å². The van der Waals surface area contributed by atoms with Crippen LogP contribution in [-0.2, 0) is 4.74 Å². The average Bonchev–Trinajstić information content (AvgIpc) is 3.25. The van der Waals surface area contributed by atoms with E-state index in [2.05, 4.69) is 15.3 Å². The van der Waals surface area contributed by atoms with Gasteiger partial charge in [-0.1, -0.05) is 0 Å². The van der Waals surface area contributed by atoms with Crippen molar-refractivity contribution >= 4 is 28.3 Å². The Balaban J connectivity index is 1.86. The normalized spacial score (nSPS) is 10.6. The zero-order chi connectivity index (χ0) is 20.4. The molecule has 0 atom stereocenters. The molecule has 0 aliphatic rings. The number of nitrogens with zero attached hydrogens (tertiary/aromatic N) is 1. The third kappa shape index (κ3) is 3.61. The number of benzene rings is 1. The van der Waals surface area contributed by atoms with Gasteiger partial charge in [-0.25, -0.2) is 14.2 Å². The zero-order valence-corrected chi connectivity index (χ0v) is 16.5. The van der Waals surface area contributed by atoms with E-state index in [-0.39, 0.29) is 5.69 Å². The van der Waals surface area contributed by atoms with E-state index in [9.17, 15) is 14.0 Å². The van der Waals surface area contributed by atoms with Gasteiger partial charge >= 0.3 is 5.97 Å². The van der Waals surface area contributed by atoms with Crippen LogP contribution in [0.3, 0.4) is 0 Å². The number of anilines is 1. The third-order valence-electron chi connectivity index (χ3n) is 4.22. The summed E-state index contributed by atoms with van der Waals surface area (Å²) in [5, 5.41) is 4.71. The smallest absolute Gasteiger partial charge is 0.339 e. The second kappa shape index (κ2) is 7.81. The molecule has 3 rings (SSSR count). The largest absolute Gasteiger partial charge is 0.496 e. The lowest BCUT2D eigenvalue weighted by Gasteiger charge is -2.06. The topological polar surface area (TPSA) is 93.3 Å². The molecule has 0 saturated heterocycles. The van der Waals surface area contributed by atoms with Crippen LogP contribution in [0.5, 0.6) is 5.75 Å². The van der Waals surface area contributed by atoms with Gasteiger partial charge < -0.3 is 14.5 Å². The summed E-state index contributed by atoms with van der Waals surface area (Å²) in [7, 11) is 2.77. The maximum Gasteiger partial charge on any atom is 0.339 e. The molecule has 146 valence electrons. The summed E-state index contributed by atoms with van der Waals surface area (Å²) in [6.07, 6.45) is 0. The Hall–Kier alpha value is -3.20. The number of halogens is 1. The minimum Gasteiger partial charge on any atom is -0.496 e. The lowest BCUT2D eigenvalue weighted by Crippen LogP contribution is -2.14. The molecule has 0 unspecified atom stereocenters. The summed E-state index contributed by atoms with van der Waals surface area (Å²) in [5.74, 6) is -0.895. The maximum atomic E-state index is 13.6. The number of aromatic nitrogens is 2. The van der Waals surface area contributed by atoms with Gasteiger partial charge in [0.2, 0.25) is 0 Å². The molecule has 3 aromatic rings. The Kier molecular flexibility index (Phi) is 5.46. The number of nitrogens with one attached hydrogen (secondary N) is 2. The first kappa shape index (κ1) is 19.6. The first-order chi connectivity index (χ1) is 13.3. The number of aryl methyl sites for hydroxylation is 1. The van der Waals surface area contributed by atoms with Crippen LogP contribution in [-0.4, -0.2) is 36.1 Å². The second-order valence-corrected chi connectivity index (χ2v) is 6.81. The maximum absolute atomic E-state index is 13.6. The highest BCUT2D eigenvalue weighted by Crippen LogP contribution is 2.33. The van der Waals surface area contributed by atoms with Crippen molar-refractivity contribution in [3.63, 3.8) is 0 Å². The molecule has 2 heterocycles. The molecule has 1 amide bonds. The number of aromatic amines is 1. The predicted molar refractivity (Wildman–Crippen MR) is 104 cm³/mol. The van der Waals surface area contributed by atoms with Gasteiger partial charge in [0.1, 0.15) is 17.3 Å². The van der Waals surface area contributed by atoms with Crippen molar-refractivity contribution in [2.45, 2.75) is 13.8 Å². The van der Waals surface area contributed by atoms with Crippen molar-refractivity contribution in [2.24, 2.45) is 0 Å². The molecule has 0 fully saturated rings. The summed E-state index contributed by atoms with van der Waals surface area (Å²) < 4.78 is 23.6. The van der Waals surface area contributed by atoms with Crippen LogP contribution >= 0.6 is 11.3 Å². The van der Waals surface area contributed by atoms with Crippen LogP contribution in [0.1, 0.15) is 32.1 Å². The summed E-state index contributed by atoms with van der Waals surface area (Å²) >= 11 is 1.19. The predicted octanol–water partition coefficient (Wildman–Crippen LogP) is 3.94. The summed E-state index contributed by atoms with van der Waals surface area (Å²) in [6.45, 7) is 3.35. The SMILES string of the molecule is COC(=O)c1c(C)[nH]c(C(=O)Nc2nc(-c3cc(F)ccc3OC)cs2)c1C. The Morgan fingerprint density at radius 3 is 2.68 bits per heavy atom. The van der Waals surface area contributed by atoms with E-state index in [1.165, 1.54) is 43.8 Å². The van der Waals surface area contributed by atoms with Crippen LogP contribution in [0.25, 0.3) is 11.3 Å². The quantitative estimate of drug-likeness (QED) is 0.630. The van der Waals surface area contributed by atoms with Crippen LogP contribution < -0.4 is 10.1 Å². The van der Waals surface area contributed by atoms with Gasteiger partial charge in [0, 0.05) is 16.6 Å². The van der Waals surface area contributed by atoms with E-state index in [0.29, 0.717) is 39.0 Å². The van der Waals surface area contributed by atoms with Gasteiger partial charge in [0.25, 0.3) is 5.91 Å². The third-order valence-corrected chi connectivity index (χ3v) is 4.97. The van der Waals surface area contributed by atoms with E-state index >= 15 is 0 Å². The molecule has 0 aliphatic carbocycles. The first-order valence-electron chi connectivity index (χ1n) is 8.24. The molecule has 0 saturated carbocycles. The van der Waals surface area contributed by atoms with Gasteiger partial charge in [-0.2, -0.15) is 0 Å². The lowest BCUT2D eigenvalue weighted by atomic mass is 10.1. The average molecular weight is 403 g/mol. The summed E-state index contributed by atoms with van der Waals surface area (Å²) in [4.78, 5) is 31.7. The summed E-state index contributed by atoms with van der Waals surface area (Å²) in [6, 6.07) is 4.13. The van der Waals surface area contributed by atoms with Crippen molar-refractivity contribution in [3.05, 3.63) is 51.9 Å². The number of methoxy groups -OCH3 is 2. The van der Waals surface area contributed by atoms with Crippen molar-refractivity contribution in [1.82, 2.24) is 9.97 Å². The summed E-state index contributed by atoms with van der Waals surface area (Å²) in [5.41, 5.74) is 2.57. The van der Waals surface area contributed by atoms with E-state index in [1.54, 1.807) is 19.2 Å². The number of H-pyrrole nitrogens is 1. The highest BCUT2D eigenvalue weighted by Gasteiger charge is 2.23. The molecular formula is C19H18FN3O4S. The molecule has 2 N–H and O–H groups in total. The number of carbonyl (C=O) groups excluding carboxylic acids is 2. The molecule has 7 nitrogen and oxygen atoms in total. The number of hydrogen-bond donors (Lipinski definition) is 2. The van der Waals surface area contributed by atoms with Crippen molar-refractivity contribution in [3.8, 4) is 17.0 Å². The van der Waals surface area contributed by atoms with Gasteiger partial charge in [-0.15, -0.1) is 11.3 Å². The standard InChI is InChI=1S/C19H18FN3O4S/c1-9-15(18(25)27-4)10(2)21-16(9)17(24)23-19-22-13(8-28-19)12-7-11(20)5-6-14(12)26-3/h5-8,21H,1-4H3,(H,22,23,24). The van der Waals surface area contributed by atoms with Crippen LogP contribution in [0.15, 0.2) is 23.6 Å². The van der Waals surface area contributed by atoms with Crippen LogP contribution in [0, 0.1) is 19.7 Å². The number of hydrogen-bond acceptors (Lipinski definition) is 6. The highest BCUT2D eigenvalue weighted by molar-refractivity contribution is 7.14. The molecule has 28 heavy (non-hydrogen) atoms. The number of carbonyl (C=O) groups is 2. The molecule has 2 aromatic heterocycles. The van der Waals surface area contributed by atoms with Gasteiger partial charge in [-0.05, 0) is 37.6 Å². The molecule has 0 radical (unpaired) electrons. The molecule has 9 heteroatoms. The molecule has 1 aromatic carbocycles. The Morgan fingerprint density at radius 1 is 1.25 bits per heavy atom. The Morgan fingerprint density at radius 2 is 2.00 bits per heavy atom. The van der Waals surface area contributed by atoms with Crippen molar-refractivity contribution in [1.29, 1.82) is 0 Å². The number of thiazole rings is 1. The highest BCUT2D eigenvalue weighted by atomic mass is 32.1. The zero-order valence-electron chi connectivity index (χ0n) is 15.7. The fraction of sp³-hybridized carbons (Fsp3) is 0.211. The van der Waals surface area contributed by atoms with E-state index in [0.717, 1.165) is 0 Å². The minimum absolute atomic E-state index is 0.248. The number of amides is 1. The minimum atomic E-state index is -0.514. The fourth-order valence-corrected chi connectivity index (χ4v) is 3.59. The van der Waals surface area contributed by atoms with Gasteiger partial charge in [0.05, 0.1) is 25.5 Å². The van der Waals surface area contributed by atoms with Gasteiger partial charge in [-0.3, -0.25) is 10.1 Å². The number of ether oxygens (including phenoxy) is 2. The Bertz CT molecular complexity index is 1060. The lowest BCUT2D eigenvalue weighted by molar-refractivity contribution is 0.0599. The molecule has 0 bridgehead atoms. The number of rotatable bonds is 5. The van der Waals surface area contributed by atoms with Crippen molar-refractivity contribution in [2.75, 3.05) is 19.5 Å².